The summed E-state index contributed by atoms with van der Waals surface area (Å²) in [6, 6.07) is 18.2. The average Bonchev–Trinajstić information content (AvgIpc) is 2.60. The largest absolute Gasteiger partial charge is 0.344 e. The zero-order valence-electron chi connectivity index (χ0n) is 16.9. The Morgan fingerprint density at radius 3 is 2.11 bits per heavy atom. The molecule has 0 bridgehead atoms. The number of anilines is 2. The van der Waals surface area contributed by atoms with E-state index in [-0.39, 0.29) is 0 Å². The van der Waals surface area contributed by atoms with Crippen LogP contribution in [0.25, 0.3) is 11.1 Å². The zero-order chi connectivity index (χ0) is 20.2. The Balaban J connectivity index is 2.11. The van der Waals surface area contributed by atoms with E-state index in [2.05, 4.69) is 43.9 Å². The van der Waals surface area contributed by atoms with E-state index in [4.69, 9.17) is 0 Å². The van der Waals surface area contributed by atoms with Gasteiger partial charge in [-0.05, 0) is 60.7 Å². The predicted molar refractivity (Wildman–Crippen MR) is 117 cm³/mol. The molecule has 4 heteroatoms. The number of aryl methyl sites for hydroxylation is 3. The summed E-state index contributed by atoms with van der Waals surface area (Å²) in [5.74, 6) is 0. The molecular weight excluding hydrogens is 366 g/mol. The minimum atomic E-state index is -3.37. The van der Waals surface area contributed by atoms with Crippen molar-refractivity contribution in [2.75, 3.05) is 18.2 Å². The Labute approximate surface area is 167 Å². The Morgan fingerprint density at radius 1 is 0.857 bits per heavy atom. The lowest BCUT2D eigenvalue weighted by Gasteiger charge is -2.36. The minimum Gasteiger partial charge on any atom is -0.344 e. The molecule has 0 amide bonds. The van der Waals surface area contributed by atoms with E-state index >= 15 is 0 Å². The topological polar surface area (TPSA) is 37.4 Å². The maximum absolute atomic E-state index is 13.0. The van der Waals surface area contributed by atoms with Gasteiger partial charge in [-0.3, -0.25) is 0 Å². The van der Waals surface area contributed by atoms with Gasteiger partial charge >= 0.3 is 0 Å². The van der Waals surface area contributed by atoms with Crippen LogP contribution in [0.4, 0.5) is 11.4 Å². The Hall–Kier alpha value is -2.59. The lowest BCUT2D eigenvalue weighted by Crippen LogP contribution is -2.26. The minimum absolute atomic E-state index is 0.675. The highest BCUT2D eigenvalue weighted by Crippen LogP contribution is 2.51. The quantitative estimate of drug-likeness (QED) is 0.579. The third-order valence-corrected chi connectivity index (χ3v) is 7.01. The van der Waals surface area contributed by atoms with Crippen molar-refractivity contribution >= 4 is 21.2 Å². The normalized spacial score (nSPS) is 15.9. The highest BCUT2D eigenvalue weighted by Gasteiger charge is 2.37. The van der Waals surface area contributed by atoms with Gasteiger partial charge in [0.2, 0.25) is 0 Å². The molecule has 1 unspecified atom stereocenters. The van der Waals surface area contributed by atoms with Crippen LogP contribution in [0.15, 0.2) is 54.6 Å². The molecular formula is C24H25NO2S. The Morgan fingerprint density at radius 2 is 1.46 bits per heavy atom. The van der Waals surface area contributed by atoms with E-state index in [1.807, 2.05) is 43.4 Å². The zero-order valence-corrected chi connectivity index (χ0v) is 17.8. The van der Waals surface area contributed by atoms with Crippen LogP contribution in [-0.4, -0.2) is 21.7 Å². The van der Waals surface area contributed by atoms with Gasteiger partial charge in [-0.15, -0.1) is 0 Å². The van der Waals surface area contributed by atoms with Crippen LogP contribution >= 0.6 is 0 Å². The summed E-state index contributed by atoms with van der Waals surface area (Å²) in [7, 11) is -1.36. The summed E-state index contributed by atoms with van der Waals surface area (Å²) < 4.78 is 26.0. The first kappa shape index (κ1) is 18.8. The van der Waals surface area contributed by atoms with Gasteiger partial charge in [0.25, 0.3) is 0 Å². The molecule has 1 aliphatic rings. The number of hydrogen-bond donors (Lipinski definition) is 0. The lowest BCUT2D eigenvalue weighted by molar-refractivity contribution is 0.594. The number of benzene rings is 3. The van der Waals surface area contributed by atoms with Crippen molar-refractivity contribution in [3.63, 3.8) is 0 Å². The van der Waals surface area contributed by atoms with Crippen molar-refractivity contribution < 1.29 is 8.42 Å². The van der Waals surface area contributed by atoms with Crippen molar-refractivity contribution in [3.8, 4) is 11.1 Å². The van der Waals surface area contributed by atoms with E-state index in [1.54, 1.807) is 0 Å². The second-order valence-electron chi connectivity index (χ2n) is 7.84. The number of fused-ring (bicyclic) bond motifs is 2. The highest BCUT2D eigenvalue weighted by molar-refractivity contribution is 7.91. The van der Waals surface area contributed by atoms with E-state index < -0.39 is 15.1 Å². The van der Waals surface area contributed by atoms with Crippen molar-refractivity contribution in [2.24, 2.45) is 0 Å². The van der Waals surface area contributed by atoms with Crippen molar-refractivity contribution in [1.29, 1.82) is 0 Å². The molecule has 3 aromatic carbocycles. The molecule has 3 nitrogen and oxygen atoms in total. The molecule has 1 atom stereocenters. The summed E-state index contributed by atoms with van der Waals surface area (Å²) >= 11 is 0. The number of rotatable bonds is 2. The number of hydrogen-bond acceptors (Lipinski definition) is 3. The third-order valence-electron chi connectivity index (χ3n) is 5.66. The van der Waals surface area contributed by atoms with Crippen molar-refractivity contribution in [1.82, 2.24) is 0 Å². The molecule has 4 rings (SSSR count). The molecule has 28 heavy (non-hydrogen) atoms. The smallest absolute Gasteiger partial charge is 0.158 e. The van der Waals surface area contributed by atoms with E-state index in [0.717, 1.165) is 33.6 Å². The molecule has 1 aliphatic heterocycles. The standard InChI is InChI=1S/C24H25NO2S/c1-15-13-16(2)22(17(3)14-15)19-10-8-12-21-23(19)24(28(5,26)27)18-9-6-7-11-20(18)25(21)4/h6-14,24H,1-5H3. The maximum atomic E-state index is 13.0. The first-order chi connectivity index (χ1) is 13.2. The van der Waals surface area contributed by atoms with Gasteiger partial charge in [0.15, 0.2) is 9.84 Å². The number of sulfone groups is 1. The van der Waals surface area contributed by atoms with Crippen molar-refractivity contribution in [2.45, 2.75) is 26.0 Å². The van der Waals surface area contributed by atoms with Crippen LogP contribution in [0, 0.1) is 20.8 Å². The fourth-order valence-electron chi connectivity index (χ4n) is 4.69. The van der Waals surface area contributed by atoms with Gasteiger partial charge in [-0.25, -0.2) is 8.42 Å². The second-order valence-corrected chi connectivity index (χ2v) is 9.97. The second kappa shape index (κ2) is 6.49. The molecule has 1 heterocycles. The van der Waals surface area contributed by atoms with Gasteiger partial charge < -0.3 is 4.90 Å². The third kappa shape index (κ3) is 2.83. The van der Waals surface area contributed by atoms with Crippen molar-refractivity contribution in [3.05, 3.63) is 82.4 Å². The molecule has 0 aromatic heterocycles. The van der Waals surface area contributed by atoms with Crippen LogP contribution in [0.1, 0.15) is 33.1 Å². The Kier molecular flexibility index (Phi) is 4.35. The van der Waals surface area contributed by atoms with Crippen LogP contribution in [-0.2, 0) is 9.84 Å². The van der Waals surface area contributed by atoms with Crippen LogP contribution < -0.4 is 4.90 Å². The first-order valence-corrected chi connectivity index (χ1v) is 11.4. The van der Waals surface area contributed by atoms with E-state index in [9.17, 15) is 8.42 Å². The average molecular weight is 392 g/mol. The lowest BCUT2D eigenvalue weighted by atomic mass is 9.85. The molecule has 0 fully saturated rings. The molecule has 0 saturated carbocycles. The summed E-state index contributed by atoms with van der Waals surface area (Å²) in [6.45, 7) is 6.29. The maximum Gasteiger partial charge on any atom is 0.158 e. The molecule has 144 valence electrons. The molecule has 0 aliphatic carbocycles. The highest BCUT2D eigenvalue weighted by atomic mass is 32.2. The van der Waals surface area contributed by atoms with Gasteiger partial charge in [-0.1, -0.05) is 48.0 Å². The van der Waals surface area contributed by atoms with Gasteiger partial charge in [0.05, 0.1) is 0 Å². The van der Waals surface area contributed by atoms with Gasteiger partial charge in [0, 0.05) is 30.2 Å². The van der Waals surface area contributed by atoms with Gasteiger partial charge in [-0.2, -0.15) is 0 Å². The fraction of sp³-hybridized carbons (Fsp3) is 0.250. The summed E-state index contributed by atoms with van der Waals surface area (Å²) in [6.07, 6.45) is 1.34. The number of para-hydroxylation sites is 1. The number of nitrogens with zero attached hydrogens (tertiary/aromatic N) is 1. The fourth-order valence-corrected chi connectivity index (χ4v) is 6.03. The Bertz CT molecular complexity index is 1170. The molecule has 3 aromatic rings. The van der Waals surface area contributed by atoms with Gasteiger partial charge in [0.1, 0.15) is 5.25 Å². The monoisotopic (exact) mass is 391 g/mol. The summed E-state index contributed by atoms with van der Waals surface area (Å²) in [5.41, 5.74) is 9.29. The molecule has 0 saturated heterocycles. The van der Waals surface area contributed by atoms with Crippen LogP contribution in [0.5, 0.6) is 0 Å². The van der Waals surface area contributed by atoms with E-state index in [1.165, 1.54) is 22.9 Å². The molecule has 0 radical (unpaired) electrons. The molecule has 0 spiro atoms. The van der Waals surface area contributed by atoms with E-state index in [0.29, 0.717) is 0 Å². The van der Waals surface area contributed by atoms with Crippen LogP contribution in [0.3, 0.4) is 0 Å². The SMILES string of the molecule is Cc1cc(C)c(-c2cccc3c2C(S(C)(=O)=O)c2ccccc2N3C)c(C)c1. The molecule has 0 N–H and O–H groups in total. The summed E-state index contributed by atoms with van der Waals surface area (Å²) in [5, 5.41) is -0.675. The predicted octanol–water partition coefficient (Wildman–Crippen LogP) is 5.49. The summed E-state index contributed by atoms with van der Waals surface area (Å²) in [4.78, 5) is 2.11. The van der Waals surface area contributed by atoms with Crippen LogP contribution in [0.2, 0.25) is 0 Å². The first-order valence-electron chi connectivity index (χ1n) is 9.43.